The molecule has 1 aliphatic rings. The Morgan fingerprint density at radius 3 is 2.38 bits per heavy atom. The second-order valence-corrected chi connectivity index (χ2v) is 7.03. The molecule has 1 amide bonds. The van der Waals surface area contributed by atoms with E-state index in [2.05, 4.69) is 16.7 Å². The van der Waals surface area contributed by atoms with Gasteiger partial charge < -0.3 is 4.90 Å². The first-order valence-electron chi connectivity index (χ1n) is 8.51. The fourth-order valence-electron chi connectivity index (χ4n) is 3.23. The number of likely N-dealkylation sites (tertiary alicyclic amines) is 1. The number of amides is 1. The van der Waals surface area contributed by atoms with Gasteiger partial charge in [0.15, 0.2) is 11.5 Å². The molecule has 3 heterocycles. The van der Waals surface area contributed by atoms with Crippen molar-refractivity contribution in [1.82, 2.24) is 19.7 Å². The molecule has 4 rings (SSSR count). The van der Waals surface area contributed by atoms with Crippen molar-refractivity contribution in [3.63, 3.8) is 0 Å². The van der Waals surface area contributed by atoms with Crippen LogP contribution in [-0.4, -0.2) is 38.7 Å². The average molecular weight is 425 g/mol. The summed E-state index contributed by atoms with van der Waals surface area (Å²) >= 11 is 6.00. The quantitative estimate of drug-likeness (QED) is 0.350. The highest BCUT2D eigenvalue weighted by molar-refractivity contribution is 6.29. The van der Waals surface area contributed by atoms with Gasteiger partial charge in [0.2, 0.25) is 0 Å². The van der Waals surface area contributed by atoms with Gasteiger partial charge in [0, 0.05) is 24.0 Å². The Labute approximate surface area is 167 Å². The van der Waals surface area contributed by atoms with Crippen LogP contribution in [-0.2, 0) is 11.0 Å². The molecule has 3 aromatic rings. The number of rotatable bonds is 3. The fraction of sp³-hybridized carbons (Fsp3) is 0.211. The van der Waals surface area contributed by atoms with Crippen LogP contribution in [0.1, 0.15) is 11.6 Å². The zero-order valence-corrected chi connectivity index (χ0v) is 15.5. The molecular formula is C19H13ClF4N4O. The van der Waals surface area contributed by atoms with Crippen LogP contribution in [0.2, 0.25) is 5.15 Å². The Hall–Kier alpha value is -2.94. The van der Waals surface area contributed by atoms with E-state index in [1.165, 1.54) is 17.0 Å². The third-order valence-electron chi connectivity index (χ3n) is 4.73. The SMILES string of the molecule is C=C(F)C(=O)N1CC(n2nc(-c3ccc(C(F)(F)F)cc3)c3ccc(Cl)nc32)C1. The largest absolute Gasteiger partial charge is 0.416 e. The van der Waals surface area contributed by atoms with E-state index in [1.807, 2.05) is 0 Å². The second kappa shape index (κ2) is 6.84. The molecule has 10 heteroatoms. The first-order chi connectivity index (χ1) is 13.6. The first kappa shape index (κ1) is 19.4. The normalized spacial score (nSPS) is 14.9. The third-order valence-corrected chi connectivity index (χ3v) is 4.94. The molecule has 29 heavy (non-hydrogen) atoms. The van der Waals surface area contributed by atoms with Crippen molar-refractivity contribution in [2.75, 3.05) is 13.1 Å². The number of aromatic nitrogens is 3. The Morgan fingerprint density at radius 1 is 1.14 bits per heavy atom. The first-order valence-corrected chi connectivity index (χ1v) is 8.89. The van der Waals surface area contributed by atoms with Gasteiger partial charge in [-0.2, -0.15) is 18.3 Å². The Morgan fingerprint density at radius 2 is 1.79 bits per heavy atom. The van der Waals surface area contributed by atoms with Crippen molar-refractivity contribution in [3.05, 3.63) is 59.5 Å². The summed E-state index contributed by atoms with van der Waals surface area (Å²) in [6.45, 7) is 3.41. The van der Waals surface area contributed by atoms with Gasteiger partial charge in [-0.1, -0.05) is 30.3 Å². The summed E-state index contributed by atoms with van der Waals surface area (Å²) in [5, 5.41) is 5.34. The van der Waals surface area contributed by atoms with Gasteiger partial charge in [0.05, 0.1) is 11.6 Å². The highest BCUT2D eigenvalue weighted by Crippen LogP contribution is 2.35. The molecule has 1 fully saturated rings. The number of nitrogens with zero attached hydrogens (tertiary/aromatic N) is 4. The topological polar surface area (TPSA) is 51.0 Å². The van der Waals surface area contributed by atoms with Crippen LogP contribution < -0.4 is 0 Å². The Balaban J connectivity index is 1.72. The summed E-state index contributed by atoms with van der Waals surface area (Å²) < 4.78 is 53.1. The van der Waals surface area contributed by atoms with Gasteiger partial charge in [0.25, 0.3) is 5.91 Å². The van der Waals surface area contributed by atoms with Crippen LogP contribution in [0.5, 0.6) is 0 Å². The number of hydrogen-bond donors (Lipinski definition) is 0. The van der Waals surface area contributed by atoms with E-state index in [9.17, 15) is 22.4 Å². The Kier molecular flexibility index (Phi) is 4.57. The lowest BCUT2D eigenvalue weighted by atomic mass is 10.1. The monoisotopic (exact) mass is 424 g/mol. The number of hydrogen-bond acceptors (Lipinski definition) is 3. The van der Waals surface area contributed by atoms with E-state index in [1.54, 1.807) is 16.8 Å². The lowest BCUT2D eigenvalue weighted by Crippen LogP contribution is -2.51. The minimum atomic E-state index is -4.43. The van der Waals surface area contributed by atoms with Crippen molar-refractivity contribution in [2.24, 2.45) is 0 Å². The van der Waals surface area contributed by atoms with E-state index in [0.717, 1.165) is 12.1 Å². The van der Waals surface area contributed by atoms with Crippen LogP contribution in [0.25, 0.3) is 22.3 Å². The van der Waals surface area contributed by atoms with Gasteiger partial charge in [0.1, 0.15) is 10.8 Å². The molecule has 5 nitrogen and oxygen atoms in total. The molecule has 0 bridgehead atoms. The Bertz CT molecular complexity index is 1120. The van der Waals surface area contributed by atoms with E-state index in [-0.39, 0.29) is 24.3 Å². The van der Waals surface area contributed by atoms with Crippen LogP contribution in [0.15, 0.2) is 48.8 Å². The third kappa shape index (κ3) is 3.46. The molecule has 2 aromatic heterocycles. The van der Waals surface area contributed by atoms with Crippen LogP contribution >= 0.6 is 11.6 Å². The fourth-order valence-corrected chi connectivity index (χ4v) is 3.37. The highest BCUT2D eigenvalue weighted by atomic mass is 35.5. The average Bonchev–Trinajstić information content (AvgIpc) is 2.98. The molecule has 1 aliphatic heterocycles. The van der Waals surface area contributed by atoms with Crippen LogP contribution in [0, 0.1) is 0 Å². The van der Waals surface area contributed by atoms with E-state index < -0.39 is 23.5 Å². The van der Waals surface area contributed by atoms with Gasteiger partial charge in [-0.15, -0.1) is 0 Å². The molecule has 1 saturated heterocycles. The molecule has 0 saturated carbocycles. The van der Waals surface area contributed by atoms with Gasteiger partial charge in [-0.25, -0.2) is 14.1 Å². The predicted molar refractivity (Wildman–Crippen MR) is 98.8 cm³/mol. The van der Waals surface area contributed by atoms with Crippen molar-refractivity contribution >= 4 is 28.5 Å². The number of benzene rings is 1. The number of carbonyl (C=O) groups excluding carboxylic acids is 1. The number of carbonyl (C=O) groups is 1. The summed E-state index contributed by atoms with van der Waals surface area (Å²) in [6.07, 6.45) is -4.43. The highest BCUT2D eigenvalue weighted by Gasteiger charge is 2.35. The summed E-state index contributed by atoms with van der Waals surface area (Å²) in [6, 6.07) is 7.63. The number of fused-ring (bicyclic) bond motifs is 1. The maximum atomic E-state index is 13.0. The zero-order valence-electron chi connectivity index (χ0n) is 14.7. The maximum absolute atomic E-state index is 13.0. The zero-order chi connectivity index (χ0) is 20.9. The molecular weight excluding hydrogens is 412 g/mol. The van der Waals surface area contributed by atoms with Crippen molar-refractivity contribution in [1.29, 1.82) is 0 Å². The molecule has 0 aliphatic carbocycles. The lowest BCUT2D eigenvalue weighted by molar-refractivity contribution is -0.137. The van der Waals surface area contributed by atoms with Gasteiger partial charge in [-0.3, -0.25) is 4.79 Å². The minimum absolute atomic E-state index is 0.208. The summed E-state index contributed by atoms with van der Waals surface area (Å²) in [4.78, 5) is 17.2. The summed E-state index contributed by atoms with van der Waals surface area (Å²) in [7, 11) is 0. The maximum Gasteiger partial charge on any atom is 0.416 e. The van der Waals surface area contributed by atoms with Crippen LogP contribution in [0.3, 0.4) is 0 Å². The predicted octanol–water partition coefficient (Wildman–Crippen LogP) is 4.64. The molecule has 1 aromatic carbocycles. The number of alkyl halides is 3. The molecule has 0 N–H and O–H groups in total. The second-order valence-electron chi connectivity index (χ2n) is 6.64. The molecule has 0 radical (unpaired) electrons. The van der Waals surface area contributed by atoms with Crippen molar-refractivity contribution in [2.45, 2.75) is 12.2 Å². The van der Waals surface area contributed by atoms with Gasteiger partial charge in [-0.05, 0) is 24.3 Å². The molecule has 0 atom stereocenters. The molecule has 0 spiro atoms. The minimum Gasteiger partial charge on any atom is -0.332 e. The van der Waals surface area contributed by atoms with E-state index in [4.69, 9.17) is 11.6 Å². The van der Waals surface area contributed by atoms with Crippen molar-refractivity contribution in [3.8, 4) is 11.3 Å². The van der Waals surface area contributed by atoms with E-state index >= 15 is 0 Å². The summed E-state index contributed by atoms with van der Waals surface area (Å²) in [5.74, 6) is -1.83. The number of halogens is 5. The van der Waals surface area contributed by atoms with Gasteiger partial charge >= 0.3 is 6.18 Å². The smallest absolute Gasteiger partial charge is 0.332 e. The van der Waals surface area contributed by atoms with E-state index in [0.29, 0.717) is 22.3 Å². The van der Waals surface area contributed by atoms with Crippen LogP contribution in [0.4, 0.5) is 17.6 Å². The summed E-state index contributed by atoms with van der Waals surface area (Å²) in [5.41, 5.74) is 0.599. The lowest BCUT2D eigenvalue weighted by Gasteiger charge is -2.38. The molecule has 0 unspecified atom stereocenters. The number of pyridine rings is 1. The van der Waals surface area contributed by atoms with Crippen molar-refractivity contribution < 1.29 is 22.4 Å². The standard InChI is InChI=1S/C19H13ClF4N4O/c1-10(21)18(29)27-8-13(9-27)28-17-14(6-7-15(20)25-17)16(26-28)11-2-4-12(5-3-11)19(22,23)24/h2-7,13H,1,8-9H2. The molecule has 150 valence electrons.